The van der Waals surface area contributed by atoms with Gasteiger partial charge in [-0.15, -0.1) is 0 Å². The summed E-state index contributed by atoms with van der Waals surface area (Å²) in [5.41, 5.74) is 2.94. The number of aryl methyl sites for hydroxylation is 1. The highest BCUT2D eigenvalue weighted by molar-refractivity contribution is 8.18. The second kappa shape index (κ2) is 10.7. The van der Waals surface area contributed by atoms with Crippen molar-refractivity contribution in [3.05, 3.63) is 104 Å². The summed E-state index contributed by atoms with van der Waals surface area (Å²) in [4.78, 5) is 37.3. The number of allylic oxidation sites excluding steroid dienone is 1. The van der Waals surface area contributed by atoms with E-state index in [1.165, 1.54) is 6.07 Å². The van der Waals surface area contributed by atoms with Crippen molar-refractivity contribution in [2.24, 2.45) is 7.05 Å². The number of carbonyl (C=O) groups is 2. The average Bonchev–Trinajstić information content (AvgIpc) is 3.26. The first-order valence-corrected chi connectivity index (χ1v) is 13.1. The standard InChI is InChI=1S/C29H21ClF2N2O4S/c1-15(27-28(36)33-29(37)39-27)17-8-7-16(20(30)13-17)11-12-38-26-24(18-9-10-21(31)22(32)14-18)34(2)23-6-4-3-5-19(23)25(26)35/h3-10,13-14H,11-12H2,1-2H3,(H,33,36,37)/b27-15-. The molecule has 198 valence electrons. The van der Waals surface area contributed by atoms with Gasteiger partial charge in [-0.25, -0.2) is 8.78 Å². The Labute approximate surface area is 231 Å². The monoisotopic (exact) mass is 566 g/mol. The zero-order valence-electron chi connectivity index (χ0n) is 20.8. The van der Waals surface area contributed by atoms with Gasteiger partial charge in [-0.3, -0.25) is 19.7 Å². The molecule has 0 aliphatic carbocycles. The van der Waals surface area contributed by atoms with Crippen molar-refractivity contribution < 1.29 is 23.1 Å². The van der Waals surface area contributed by atoms with Crippen molar-refractivity contribution in [2.45, 2.75) is 13.3 Å². The first-order chi connectivity index (χ1) is 18.7. The van der Waals surface area contributed by atoms with Crippen LogP contribution in [0.4, 0.5) is 13.6 Å². The van der Waals surface area contributed by atoms with Gasteiger partial charge in [0.25, 0.3) is 11.1 Å². The van der Waals surface area contributed by atoms with E-state index in [2.05, 4.69) is 5.32 Å². The fourth-order valence-corrected chi connectivity index (χ4v) is 5.52. The summed E-state index contributed by atoms with van der Waals surface area (Å²) in [6.07, 6.45) is 0.343. The van der Waals surface area contributed by atoms with Crippen LogP contribution >= 0.6 is 23.4 Å². The van der Waals surface area contributed by atoms with E-state index >= 15 is 0 Å². The van der Waals surface area contributed by atoms with Gasteiger partial charge in [0.05, 0.1) is 22.7 Å². The quantitative estimate of drug-likeness (QED) is 0.271. The summed E-state index contributed by atoms with van der Waals surface area (Å²) in [6.45, 7) is 1.82. The Hall–Kier alpha value is -3.95. The van der Waals surface area contributed by atoms with Gasteiger partial charge in [-0.1, -0.05) is 35.9 Å². The molecular weight excluding hydrogens is 546 g/mol. The molecule has 1 aromatic heterocycles. The Morgan fingerprint density at radius 1 is 1.03 bits per heavy atom. The molecule has 1 saturated heterocycles. The minimum atomic E-state index is -1.03. The van der Waals surface area contributed by atoms with Gasteiger partial charge in [0.1, 0.15) is 0 Å². The van der Waals surface area contributed by atoms with Gasteiger partial charge in [0, 0.05) is 29.4 Å². The third-order valence-electron chi connectivity index (χ3n) is 6.52. The van der Waals surface area contributed by atoms with Crippen LogP contribution in [0, 0.1) is 11.6 Å². The number of thioether (sulfide) groups is 1. The maximum Gasteiger partial charge on any atom is 0.290 e. The lowest BCUT2D eigenvalue weighted by atomic mass is 10.0. The topological polar surface area (TPSA) is 77.4 Å². The first kappa shape index (κ1) is 26.6. The number of ether oxygens (including phenoxy) is 1. The molecule has 1 aliphatic rings. The number of fused-ring (bicyclic) bond motifs is 1. The highest BCUT2D eigenvalue weighted by Gasteiger charge is 2.27. The Kier molecular flexibility index (Phi) is 7.29. The SMILES string of the molecule is C/C(=C1/SC(=O)NC1=O)c1ccc(CCOc2c(-c3ccc(F)c(F)c3)n(C)c3ccccc3c2=O)c(Cl)c1. The van der Waals surface area contributed by atoms with Crippen molar-refractivity contribution in [3.63, 3.8) is 0 Å². The van der Waals surface area contributed by atoms with Crippen LogP contribution in [0.5, 0.6) is 5.75 Å². The molecule has 3 aromatic carbocycles. The molecule has 0 saturated carbocycles. The molecular formula is C29H21ClF2N2O4S. The second-order valence-corrected chi connectivity index (χ2v) is 10.3. The lowest BCUT2D eigenvalue weighted by Gasteiger charge is -2.18. The van der Waals surface area contributed by atoms with E-state index in [0.29, 0.717) is 49.6 Å². The van der Waals surface area contributed by atoms with E-state index in [1.807, 2.05) is 0 Å². The number of pyridine rings is 1. The third-order valence-corrected chi connectivity index (χ3v) is 7.86. The normalized spacial score (nSPS) is 14.6. The van der Waals surface area contributed by atoms with Crippen LogP contribution in [0.3, 0.4) is 0 Å². The lowest BCUT2D eigenvalue weighted by Crippen LogP contribution is -2.18. The summed E-state index contributed by atoms with van der Waals surface area (Å²) >= 11 is 7.37. The molecule has 1 aliphatic heterocycles. The van der Waals surface area contributed by atoms with Crippen LogP contribution in [0.25, 0.3) is 27.7 Å². The first-order valence-electron chi connectivity index (χ1n) is 11.9. The molecule has 0 bridgehead atoms. The third kappa shape index (κ3) is 5.07. The smallest absolute Gasteiger partial charge is 0.290 e. The molecule has 0 spiro atoms. The summed E-state index contributed by atoms with van der Waals surface area (Å²) < 4.78 is 35.5. The van der Waals surface area contributed by atoms with E-state index in [9.17, 15) is 23.2 Å². The summed E-state index contributed by atoms with van der Waals surface area (Å²) in [5, 5.41) is 2.68. The fourth-order valence-electron chi connectivity index (χ4n) is 4.50. The molecule has 2 heterocycles. The number of nitrogens with one attached hydrogen (secondary N) is 1. The zero-order valence-corrected chi connectivity index (χ0v) is 22.4. The van der Waals surface area contributed by atoms with Gasteiger partial charge < -0.3 is 9.30 Å². The van der Waals surface area contributed by atoms with Gasteiger partial charge >= 0.3 is 0 Å². The molecule has 39 heavy (non-hydrogen) atoms. The molecule has 0 unspecified atom stereocenters. The highest BCUT2D eigenvalue weighted by Crippen LogP contribution is 2.34. The predicted octanol–water partition coefficient (Wildman–Crippen LogP) is 6.47. The number of benzene rings is 3. The molecule has 10 heteroatoms. The maximum atomic E-state index is 14.1. The minimum absolute atomic E-state index is 0.0180. The number of aromatic nitrogens is 1. The summed E-state index contributed by atoms with van der Waals surface area (Å²) in [5.74, 6) is -2.45. The second-order valence-electron chi connectivity index (χ2n) is 8.91. The van der Waals surface area contributed by atoms with Gasteiger partial charge in [-0.05, 0) is 71.8 Å². The van der Waals surface area contributed by atoms with Gasteiger partial charge in [0.2, 0.25) is 5.43 Å². The van der Waals surface area contributed by atoms with Crippen LogP contribution in [-0.2, 0) is 18.3 Å². The van der Waals surface area contributed by atoms with Crippen molar-refractivity contribution in [3.8, 4) is 17.0 Å². The van der Waals surface area contributed by atoms with E-state index in [-0.39, 0.29) is 17.8 Å². The number of halogens is 3. The van der Waals surface area contributed by atoms with Crippen LogP contribution in [0.2, 0.25) is 5.02 Å². The van der Waals surface area contributed by atoms with Gasteiger partial charge in [0.15, 0.2) is 17.4 Å². The van der Waals surface area contributed by atoms with Crippen molar-refractivity contribution in [1.29, 1.82) is 0 Å². The van der Waals surface area contributed by atoms with E-state index < -0.39 is 22.8 Å². The summed E-state index contributed by atoms with van der Waals surface area (Å²) in [7, 11) is 1.73. The Bertz CT molecular complexity index is 1770. The van der Waals surface area contributed by atoms with Crippen LogP contribution in [-0.4, -0.2) is 22.3 Å². The average molecular weight is 567 g/mol. The molecule has 0 atom stereocenters. The zero-order chi connectivity index (χ0) is 27.8. The molecule has 1 N–H and O–H groups in total. The Morgan fingerprint density at radius 3 is 2.49 bits per heavy atom. The number of imide groups is 1. The number of rotatable bonds is 6. The highest BCUT2D eigenvalue weighted by atomic mass is 35.5. The van der Waals surface area contributed by atoms with Gasteiger partial charge in [-0.2, -0.15) is 0 Å². The molecule has 1 fully saturated rings. The van der Waals surface area contributed by atoms with E-state index in [1.54, 1.807) is 61.0 Å². The number of nitrogens with zero attached hydrogens (tertiary/aromatic N) is 1. The molecule has 4 aromatic rings. The van der Waals surface area contributed by atoms with Crippen molar-refractivity contribution in [1.82, 2.24) is 9.88 Å². The fraction of sp³-hybridized carbons (Fsp3) is 0.138. The molecule has 2 amide bonds. The molecule has 5 rings (SSSR count). The minimum Gasteiger partial charge on any atom is -0.487 e. The van der Waals surface area contributed by atoms with Crippen LogP contribution in [0.1, 0.15) is 18.1 Å². The largest absolute Gasteiger partial charge is 0.487 e. The number of hydrogen-bond acceptors (Lipinski definition) is 5. The van der Waals surface area contributed by atoms with Crippen LogP contribution < -0.4 is 15.5 Å². The number of amides is 2. The number of carbonyl (C=O) groups excluding carboxylic acids is 2. The predicted molar refractivity (Wildman–Crippen MR) is 149 cm³/mol. The Balaban J connectivity index is 1.45. The lowest BCUT2D eigenvalue weighted by molar-refractivity contribution is -0.115. The summed E-state index contributed by atoms with van der Waals surface area (Å²) in [6, 6.07) is 15.7. The van der Waals surface area contributed by atoms with E-state index in [4.69, 9.17) is 16.3 Å². The molecule has 0 radical (unpaired) electrons. The number of para-hydroxylation sites is 1. The number of hydrogen-bond donors (Lipinski definition) is 1. The van der Waals surface area contributed by atoms with Crippen molar-refractivity contribution in [2.75, 3.05) is 6.61 Å². The molecule has 6 nitrogen and oxygen atoms in total. The van der Waals surface area contributed by atoms with Crippen LogP contribution in [0.15, 0.2) is 70.4 Å². The van der Waals surface area contributed by atoms with E-state index in [0.717, 1.165) is 29.5 Å². The van der Waals surface area contributed by atoms with Crippen molar-refractivity contribution >= 4 is 51.0 Å². The maximum absolute atomic E-state index is 14.1. The Morgan fingerprint density at radius 2 is 1.79 bits per heavy atom.